The first-order valence-electron chi connectivity index (χ1n) is 7.19. The maximum atomic E-state index is 6.05. The summed E-state index contributed by atoms with van der Waals surface area (Å²) >= 11 is 0. The highest BCUT2D eigenvalue weighted by molar-refractivity contribution is 5.67. The molecule has 1 aliphatic heterocycles. The van der Waals surface area contributed by atoms with Gasteiger partial charge in [-0.1, -0.05) is 13.0 Å². The summed E-state index contributed by atoms with van der Waals surface area (Å²) in [6.45, 7) is 6.97. The number of benzene rings is 1. The zero-order valence-corrected chi connectivity index (χ0v) is 12.1. The van der Waals surface area contributed by atoms with Crippen molar-refractivity contribution in [1.82, 2.24) is 14.8 Å². The molecule has 5 heteroatoms. The maximum absolute atomic E-state index is 6.05. The van der Waals surface area contributed by atoms with E-state index in [0.717, 1.165) is 44.0 Å². The zero-order chi connectivity index (χ0) is 14.1. The van der Waals surface area contributed by atoms with E-state index < -0.39 is 0 Å². The van der Waals surface area contributed by atoms with Crippen LogP contribution in [0.3, 0.4) is 0 Å². The molecule has 2 N–H and O–H groups in total. The molecule has 0 unspecified atom stereocenters. The normalized spacial score (nSPS) is 13.8. The first kappa shape index (κ1) is 13.0. The van der Waals surface area contributed by atoms with E-state index in [1.165, 1.54) is 16.8 Å². The van der Waals surface area contributed by atoms with Crippen LogP contribution in [-0.2, 0) is 19.5 Å². The highest BCUT2D eigenvalue weighted by Crippen LogP contribution is 2.32. The van der Waals surface area contributed by atoms with Crippen LogP contribution in [0.25, 0.3) is 0 Å². The Morgan fingerprint density at radius 1 is 1.35 bits per heavy atom. The number of hydrogen-bond donors (Lipinski definition) is 1. The molecular formula is C15H21N5. The lowest BCUT2D eigenvalue weighted by Gasteiger charge is -2.20. The second kappa shape index (κ2) is 5.15. The number of hydrogen-bond acceptors (Lipinski definition) is 4. The van der Waals surface area contributed by atoms with Crippen molar-refractivity contribution in [1.29, 1.82) is 0 Å². The van der Waals surface area contributed by atoms with Crippen LogP contribution in [0.1, 0.15) is 30.3 Å². The van der Waals surface area contributed by atoms with Crippen LogP contribution < -0.4 is 10.6 Å². The quantitative estimate of drug-likeness (QED) is 0.866. The number of nitrogen functional groups attached to an aromatic ring is 1. The second-order valence-electron chi connectivity index (χ2n) is 5.41. The van der Waals surface area contributed by atoms with Crippen LogP contribution in [0.15, 0.2) is 18.5 Å². The van der Waals surface area contributed by atoms with Crippen LogP contribution in [-0.4, -0.2) is 21.3 Å². The van der Waals surface area contributed by atoms with Crippen molar-refractivity contribution in [3.63, 3.8) is 0 Å². The van der Waals surface area contributed by atoms with Crippen molar-refractivity contribution in [2.75, 3.05) is 17.2 Å². The lowest BCUT2D eigenvalue weighted by molar-refractivity contribution is 0.563. The summed E-state index contributed by atoms with van der Waals surface area (Å²) < 4.78 is 2.00. The summed E-state index contributed by atoms with van der Waals surface area (Å²) in [7, 11) is 0. The molecule has 2 aromatic rings. The number of nitrogens with zero attached hydrogens (tertiary/aromatic N) is 4. The molecule has 2 heterocycles. The van der Waals surface area contributed by atoms with Gasteiger partial charge in [-0.3, -0.25) is 0 Å². The van der Waals surface area contributed by atoms with Gasteiger partial charge in [-0.25, -0.2) is 9.67 Å². The van der Waals surface area contributed by atoms with Gasteiger partial charge in [-0.15, -0.1) is 0 Å². The Morgan fingerprint density at radius 2 is 2.20 bits per heavy atom. The summed E-state index contributed by atoms with van der Waals surface area (Å²) in [6.07, 6.45) is 3.79. The SMILES string of the molecule is CCCn1ncnc1CN1CCc2cc(C)c(N)cc21. The third-order valence-corrected chi connectivity index (χ3v) is 3.92. The number of fused-ring (bicyclic) bond motifs is 1. The molecule has 0 radical (unpaired) electrons. The molecule has 1 aliphatic rings. The fourth-order valence-corrected chi connectivity index (χ4v) is 2.79. The molecule has 0 amide bonds. The van der Waals surface area contributed by atoms with Crippen molar-refractivity contribution in [2.24, 2.45) is 0 Å². The fourth-order valence-electron chi connectivity index (χ4n) is 2.79. The number of anilines is 2. The molecule has 3 rings (SSSR count). The van der Waals surface area contributed by atoms with Crippen LogP contribution in [0, 0.1) is 6.92 Å². The summed E-state index contributed by atoms with van der Waals surface area (Å²) in [4.78, 5) is 6.74. The molecule has 0 saturated carbocycles. The molecule has 0 spiro atoms. The Hall–Kier alpha value is -2.04. The molecule has 0 saturated heterocycles. The first-order valence-corrected chi connectivity index (χ1v) is 7.19. The van der Waals surface area contributed by atoms with Crippen molar-refractivity contribution < 1.29 is 0 Å². The summed E-state index contributed by atoms with van der Waals surface area (Å²) in [5.74, 6) is 1.03. The average molecular weight is 271 g/mol. The molecule has 5 nitrogen and oxygen atoms in total. The second-order valence-corrected chi connectivity index (χ2v) is 5.41. The fraction of sp³-hybridized carbons (Fsp3) is 0.467. The lowest BCUT2D eigenvalue weighted by Crippen LogP contribution is -2.22. The minimum absolute atomic E-state index is 0.801. The van der Waals surface area contributed by atoms with E-state index in [1.807, 2.05) is 4.68 Å². The molecule has 20 heavy (non-hydrogen) atoms. The zero-order valence-electron chi connectivity index (χ0n) is 12.1. The molecule has 1 aromatic heterocycles. The molecule has 1 aromatic carbocycles. The van der Waals surface area contributed by atoms with E-state index in [4.69, 9.17) is 5.73 Å². The van der Waals surface area contributed by atoms with Gasteiger partial charge in [0, 0.05) is 24.5 Å². The number of nitrogens with two attached hydrogens (primary N) is 1. The van der Waals surface area contributed by atoms with Gasteiger partial charge in [0.2, 0.25) is 0 Å². The van der Waals surface area contributed by atoms with Gasteiger partial charge in [0.15, 0.2) is 0 Å². The van der Waals surface area contributed by atoms with Crippen molar-refractivity contribution in [3.8, 4) is 0 Å². The predicted molar refractivity (Wildman–Crippen MR) is 80.7 cm³/mol. The van der Waals surface area contributed by atoms with Crippen molar-refractivity contribution in [3.05, 3.63) is 35.4 Å². The number of aryl methyl sites for hydroxylation is 2. The van der Waals surface area contributed by atoms with E-state index in [2.05, 4.69) is 41.0 Å². The van der Waals surface area contributed by atoms with Gasteiger partial charge in [-0.2, -0.15) is 5.10 Å². The third kappa shape index (κ3) is 2.24. The summed E-state index contributed by atoms with van der Waals surface area (Å²) in [5, 5.41) is 4.29. The predicted octanol–water partition coefficient (Wildman–Crippen LogP) is 2.14. The smallest absolute Gasteiger partial charge is 0.146 e. The Morgan fingerprint density at radius 3 is 3.00 bits per heavy atom. The average Bonchev–Trinajstić information content (AvgIpc) is 3.00. The van der Waals surface area contributed by atoms with E-state index in [1.54, 1.807) is 6.33 Å². The number of rotatable bonds is 4. The molecule has 0 bridgehead atoms. The van der Waals surface area contributed by atoms with Gasteiger partial charge in [0.1, 0.15) is 12.2 Å². The monoisotopic (exact) mass is 271 g/mol. The van der Waals surface area contributed by atoms with Crippen LogP contribution in [0.4, 0.5) is 11.4 Å². The standard InChI is InChI=1S/C15H21N5/c1-3-5-20-15(17-10-18-20)9-19-6-4-12-7-11(2)13(16)8-14(12)19/h7-8,10H,3-6,9,16H2,1-2H3. The highest BCUT2D eigenvalue weighted by atomic mass is 15.3. The summed E-state index contributed by atoms with van der Waals surface area (Å²) in [6, 6.07) is 4.31. The maximum Gasteiger partial charge on any atom is 0.146 e. The van der Waals surface area contributed by atoms with Gasteiger partial charge < -0.3 is 10.6 Å². The van der Waals surface area contributed by atoms with E-state index in [9.17, 15) is 0 Å². The van der Waals surface area contributed by atoms with Crippen molar-refractivity contribution >= 4 is 11.4 Å². The van der Waals surface area contributed by atoms with Gasteiger partial charge >= 0.3 is 0 Å². The summed E-state index contributed by atoms with van der Waals surface area (Å²) in [5.41, 5.74) is 10.7. The van der Waals surface area contributed by atoms with Gasteiger partial charge in [0.25, 0.3) is 0 Å². The van der Waals surface area contributed by atoms with Crippen molar-refractivity contribution in [2.45, 2.75) is 39.8 Å². The first-order chi connectivity index (χ1) is 9.69. The molecule has 106 valence electrons. The Bertz CT molecular complexity index is 617. The van der Waals surface area contributed by atoms with Gasteiger partial charge in [-0.05, 0) is 37.0 Å². The van der Waals surface area contributed by atoms with Crippen LogP contribution in [0.2, 0.25) is 0 Å². The molecular weight excluding hydrogens is 250 g/mol. The van der Waals surface area contributed by atoms with Crippen LogP contribution in [0.5, 0.6) is 0 Å². The van der Waals surface area contributed by atoms with Crippen LogP contribution >= 0.6 is 0 Å². The third-order valence-electron chi connectivity index (χ3n) is 3.92. The minimum atomic E-state index is 0.801. The lowest BCUT2D eigenvalue weighted by atomic mass is 10.1. The van der Waals surface area contributed by atoms with E-state index >= 15 is 0 Å². The van der Waals surface area contributed by atoms with Gasteiger partial charge in [0.05, 0.1) is 6.54 Å². The Labute approximate surface area is 119 Å². The molecule has 0 aliphatic carbocycles. The minimum Gasteiger partial charge on any atom is -0.398 e. The highest BCUT2D eigenvalue weighted by Gasteiger charge is 2.21. The Kier molecular flexibility index (Phi) is 3.34. The van der Waals surface area contributed by atoms with E-state index in [0.29, 0.717) is 0 Å². The molecule has 0 atom stereocenters. The Balaban J connectivity index is 1.84. The van der Waals surface area contributed by atoms with E-state index in [-0.39, 0.29) is 0 Å². The largest absolute Gasteiger partial charge is 0.398 e. The topological polar surface area (TPSA) is 60.0 Å². The number of aromatic nitrogens is 3. The molecule has 0 fully saturated rings.